The van der Waals surface area contributed by atoms with E-state index >= 15 is 0 Å². The molecule has 5 atom stereocenters. The summed E-state index contributed by atoms with van der Waals surface area (Å²) in [5.41, 5.74) is 0.157. The number of hydrogen-bond donors (Lipinski definition) is 5. The van der Waals surface area contributed by atoms with Crippen molar-refractivity contribution in [3.8, 4) is 6.07 Å². The van der Waals surface area contributed by atoms with Crippen molar-refractivity contribution in [2.75, 3.05) is 6.61 Å². The van der Waals surface area contributed by atoms with Gasteiger partial charge in [-0.05, 0) is 6.08 Å². The minimum absolute atomic E-state index is 0.157. The van der Waals surface area contributed by atoms with E-state index in [0.29, 0.717) is 16.1 Å². The molecule has 170 valence electrons. The number of aromatic nitrogens is 1. The van der Waals surface area contributed by atoms with E-state index in [0.717, 1.165) is 6.08 Å². The molecular weight excluding hydrogens is 418 g/mol. The summed E-state index contributed by atoms with van der Waals surface area (Å²) < 4.78 is 15.4. The fourth-order valence-electron chi connectivity index (χ4n) is 3.65. The molecule has 10 heteroatoms. The SMILES string of the molecule is [2H]N(C(=O)C(C)C)[C@H]1[C@H]([C@H](O)[C@H](O)CO)OC(C(=O)O)=C[C@@H]1n1cc2ccccc2c1C#N. The smallest absolute Gasteiger partial charge is 0.370 e. The van der Waals surface area contributed by atoms with Crippen LogP contribution in [0.3, 0.4) is 0 Å². The third-order valence-electron chi connectivity index (χ3n) is 5.35. The van der Waals surface area contributed by atoms with Crippen LogP contribution in [0.2, 0.25) is 1.41 Å². The molecule has 2 heterocycles. The molecule has 5 N–H and O–H groups in total. The number of carboxylic acids is 1. The second-order valence-electron chi connectivity index (χ2n) is 7.85. The topological polar surface area (TPSA) is 165 Å². The van der Waals surface area contributed by atoms with Crippen LogP contribution >= 0.6 is 0 Å². The number of nitrogens with zero attached hydrogens (tertiary/aromatic N) is 2. The van der Waals surface area contributed by atoms with Gasteiger partial charge in [0.25, 0.3) is 0 Å². The molecule has 3 rings (SSSR count). The zero-order chi connectivity index (χ0) is 24.4. The number of carbonyl (C=O) groups is 2. The summed E-state index contributed by atoms with van der Waals surface area (Å²) in [6, 6.07) is 6.58. The van der Waals surface area contributed by atoms with E-state index in [-0.39, 0.29) is 5.69 Å². The Kier molecular flexibility index (Phi) is 6.41. The molecule has 1 aromatic heterocycles. The predicted octanol–water partition coefficient (Wildman–Crippen LogP) is 0.276. The van der Waals surface area contributed by atoms with E-state index in [1.807, 2.05) is 0 Å². The lowest BCUT2D eigenvalue weighted by molar-refractivity contribution is -0.147. The van der Waals surface area contributed by atoms with E-state index in [1.165, 1.54) is 4.57 Å². The number of amides is 1. The summed E-state index contributed by atoms with van der Waals surface area (Å²) in [6.07, 6.45) is -2.41. The van der Waals surface area contributed by atoms with Crippen molar-refractivity contribution in [2.24, 2.45) is 5.92 Å². The monoisotopic (exact) mass is 444 g/mol. The fourth-order valence-corrected chi connectivity index (χ4v) is 3.65. The zero-order valence-electron chi connectivity index (χ0n) is 18.5. The van der Waals surface area contributed by atoms with E-state index in [4.69, 9.17) is 6.15 Å². The lowest BCUT2D eigenvalue weighted by Gasteiger charge is -2.41. The van der Waals surface area contributed by atoms with Crippen LogP contribution < -0.4 is 5.31 Å². The number of carboxylic acid groups (broad SMARTS) is 1. The van der Waals surface area contributed by atoms with E-state index < -0.39 is 60.6 Å². The molecule has 0 saturated carbocycles. The highest BCUT2D eigenvalue weighted by molar-refractivity contribution is 5.88. The highest BCUT2D eigenvalue weighted by atomic mass is 16.5. The average Bonchev–Trinajstić information content (AvgIpc) is 3.19. The summed E-state index contributed by atoms with van der Waals surface area (Å²) in [5.74, 6) is -3.33. The maximum absolute atomic E-state index is 12.7. The number of aliphatic carboxylic acids is 1. The summed E-state index contributed by atoms with van der Waals surface area (Å²) >= 11 is 0. The minimum atomic E-state index is -1.84. The predicted molar refractivity (Wildman–Crippen MR) is 112 cm³/mol. The Labute approximate surface area is 185 Å². The van der Waals surface area contributed by atoms with Gasteiger partial charge in [-0.1, -0.05) is 38.1 Å². The van der Waals surface area contributed by atoms with Gasteiger partial charge in [-0.3, -0.25) is 4.79 Å². The molecule has 10 nitrogen and oxygen atoms in total. The normalized spacial score (nSPS) is 23.0. The van der Waals surface area contributed by atoms with E-state index in [9.17, 15) is 35.3 Å². The molecule has 0 aliphatic carbocycles. The molecule has 1 aliphatic rings. The zero-order valence-corrected chi connectivity index (χ0v) is 17.5. The third kappa shape index (κ3) is 4.31. The Bertz CT molecular complexity index is 1120. The molecule has 32 heavy (non-hydrogen) atoms. The maximum atomic E-state index is 12.7. The molecule has 1 amide bonds. The molecule has 0 fully saturated rings. The van der Waals surface area contributed by atoms with Gasteiger partial charge in [-0.15, -0.1) is 0 Å². The first-order valence-corrected chi connectivity index (χ1v) is 10.0. The minimum Gasteiger partial charge on any atom is -0.478 e. The standard InChI is InChI=1S/C22H25N3O7/c1-11(2)21(29)24-18-14(25-9-12-5-3-4-6-13(12)15(25)8-23)7-17(22(30)31)32-20(18)19(28)16(27)10-26/h3-7,9,11,14,16,18-20,26-28H,10H2,1-2H3,(H,24,29)(H,30,31)/t14-,16+,18+,19+,20+/m0/s1/i/hD. The highest BCUT2D eigenvalue weighted by Gasteiger charge is 2.45. The van der Waals surface area contributed by atoms with Gasteiger partial charge >= 0.3 is 5.97 Å². The molecule has 0 spiro atoms. The van der Waals surface area contributed by atoms with Crippen molar-refractivity contribution in [2.45, 2.75) is 44.2 Å². The van der Waals surface area contributed by atoms with Crippen molar-refractivity contribution < 1.29 is 36.2 Å². The number of aliphatic hydroxyl groups is 3. The first kappa shape index (κ1) is 21.8. The van der Waals surface area contributed by atoms with Gasteiger partial charge in [-0.2, -0.15) is 5.26 Å². The molecule has 0 saturated heterocycles. The van der Waals surface area contributed by atoms with Gasteiger partial charge < -0.3 is 35.0 Å². The number of ether oxygens (including phenoxy) is 1. The van der Waals surface area contributed by atoms with E-state index in [2.05, 4.69) is 6.07 Å². The summed E-state index contributed by atoms with van der Waals surface area (Å²) in [6.45, 7) is 2.27. The van der Waals surface area contributed by atoms with Crippen molar-refractivity contribution in [1.29, 1.82) is 5.26 Å². The molecule has 0 bridgehead atoms. The Morgan fingerprint density at radius 1 is 1.34 bits per heavy atom. The number of aliphatic hydroxyl groups excluding tert-OH is 3. The number of nitriles is 1. The van der Waals surface area contributed by atoms with Crippen LogP contribution in [0.25, 0.3) is 10.8 Å². The largest absolute Gasteiger partial charge is 0.478 e. The van der Waals surface area contributed by atoms with Crippen LogP contribution in [-0.2, 0) is 14.3 Å². The lowest BCUT2D eigenvalue weighted by atomic mass is 9.91. The van der Waals surface area contributed by atoms with Crippen LogP contribution in [0, 0.1) is 17.2 Å². The number of hydrogen-bond acceptors (Lipinski definition) is 7. The van der Waals surface area contributed by atoms with Gasteiger partial charge in [0.15, 0.2) is 1.41 Å². The van der Waals surface area contributed by atoms with Crippen LogP contribution in [0.1, 0.15) is 25.6 Å². The van der Waals surface area contributed by atoms with Crippen LogP contribution in [-0.4, -0.2) is 67.8 Å². The summed E-state index contributed by atoms with van der Waals surface area (Å²) in [7, 11) is 0. The molecule has 2 aromatic rings. The molecule has 1 aromatic carbocycles. The van der Waals surface area contributed by atoms with Gasteiger partial charge in [-0.25, -0.2) is 4.79 Å². The number of nitrogens with one attached hydrogen (secondary N) is 1. The van der Waals surface area contributed by atoms with Gasteiger partial charge in [0.1, 0.15) is 30.1 Å². The van der Waals surface area contributed by atoms with Crippen molar-refractivity contribution in [1.82, 2.24) is 9.88 Å². The first-order chi connectivity index (χ1) is 15.6. The average molecular weight is 444 g/mol. The molecule has 1 aliphatic heterocycles. The Hall–Kier alpha value is -3.39. The second kappa shape index (κ2) is 9.40. The summed E-state index contributed by atoms with van der Waals surface area (Å²) in [5, 5.41) is 51.3. The maximum Gasteiger partial charge on any atom is 0.370 e. The first-order valence-electron chi connectivity index (χ1n) is 10.5. The number of rotatable bonds is 7. The van der Waals surface area contributed by atoms with Crippen LogP contribution in [0.15, 0.2) is 42.3 Å². The fraction of sp³-hybridized carbons (Fsp3) is 0.409. The molecule has 0 radical (unpaired) electrons. The third-order valence-corrected chi connectivity index (χ3v) is 5.35. The van der Waals surface area contributed by atoms with Crippen LogP contribution in [0.4, 0.5) is 0 Å². The van der Waals surface area contributed by atoms with Crippen LogP contribution in [0.5, 0.6) is 0 Å². The quantitative estimate of drug-likeness (QED) is 0.406. The summed E-state index contributed by atoms with van der Waals surface area (Å²) in [4.78, 5) is 24.5. The number of benzene rings is 1. The molecular formula is C22H25N3O7. The van der Waals surface area contributed by atoms with Crippen molar-refractivity contribution in [3.05, 3.63) is 48.0 Å². The number of carbonyl (C=O) groups excluding carboxylic acids is 1. The Morgan fingerprint density at radius 2 is 2.03 bits per heavy atom. The number of fused-ring (bicyclic) bond motifs is 1. The highest BCUT2D eigenvalue weighted by Crippen LogP contribution is 2.34. The van der Waals surface area contributed by atoms with Gasteiger partial charge in [0.05, 0.1) is 18.7 Å². The van der Waals surface area contributed by atoms with Crippen molar-refractivity contribution in [3.63, 3.8) is 0 Å². The lowest BCUT2D eigenvalue weighted by Crippen LogP contribution is -2.59. The second-order valence-corrected chi connectivity index (χ2v) is 7.85. The Morgan fingerprint density at radius 3 is 2.62 bits per heavy atom. The van der Waals surface area contributed by atoms with Crippen molar-refractivity contribution >= 4 is 22.6 Å². The molecule has 0 unspecified atom stereocenters. The van der Waals surface area contributed by atoms with Gasteiger partial charge in [0.2, 0.25) is 11.7 Å². The van der Waals surface area contributed by atoms with E-state index in [1.54, 1.807) is 44.3 Å². The van der Waals surface area contributed by atoms with Gasteiger partial charge in [0, 0.05) is 22.9 Å². The Balaban J connectivity index is 2.27.